The van der Waals surface area contributed by atoms with Crippen molar-refractivity contribution in [3.05, 3.63) is 87.8 Å². The Bertz CT molecular complexity index is 1070. The van der Waals surface area contributed by atoms with Gasteiger partial charge in [0.1, 0.15) is 5.00 Å². The van der Waals surface area contributed by atoms with Gasteiger partial charge in [-0.05, 0) is 23.6 Å². The van der Waals surface area contributed by atoms with E-state index in [1.165, 1.54) is 12.0 Å². The van der Waals surface area contributed by atoms with Crippen molar-refractivity contribution in [3.63, 3.8) is 0 Å². The third-order valence-electron chi connectivity index (χ3n) is 5.18. The van der Waals surface area contributed by atoms with Gasteiger partial charge in [-0.2, -0.15) is 0 Å². The standard InChI is InChI=1S/C25H26N2O4S/c1-16-21(25(30)31-4)23(32-22(16)24(29)27(2)3)26-20(28)15-19(17-11-7-5-8-12-17)18-13-9-6-10-14-18/h5-14,19H,15H2,1-4H3,(H,26,28). The third kappa shape index (κ3) is 5.06. The molecule has 0 aliphatic heterocycles. The van der Waals surface area contributed by atoms with Crippen molar-refractivity contribution in [1.82, 2.24) is 4.90 Å². The monoisotopic (exact) mass is 450 g/mol. The highest BCUT2D eigenvalue weighted by atomic mass is 32.1. The summed E-state index contributed by atoms with van der Waals surface area (Å²) < 4.78 is 4.90. The number of nitrogens with one attached hydrogen (secondary N) is 1. The average molecular weight is 451 g/mol. The quantitative estimate of drug-likeness (QED) is 0.529. The Labute approximate surface area is 191 Å². The molecule has 166 valence electrons. The van der Waals surface area contributed by atoms with Gasteiger partial charge in [-0.3, -0.25) is 9.59 Å². The summed E-state index contributed by atoms with van der Waals surface area (Å²) in [7, 11) is 4.56. The first-order valence-corrected chi connectivity index (χ1v) is 11.0. The van der Waals surface area contributed by atoms with Gasteiger partial charge < -0.3 is 15.0 Å². The van der Waals surface area contributed by atoms with Crippen LogP contribution in [0.2, 0.25) is 0 Å². The fourth-order valence-electron chi connectivity index (χ4n) is 3.52. The molecular formula is C25H26N2O4S. The van der Waals surface area contributed by atoms with Crippen LogP contribution in [0.4, 0.5) is 5.00 Å². The first kappa shape index (κ1) is 23.2. The predicted octanol–water partition coefficient (Wildman–Crippen LogP) is 4.71. The largest absolute Gasteiger partial charge is 0.465 e. The molecule has 0 atom stereocenters. The topological polar surface area (TPSA) is 75.7 Å². The fourth-order valence-corrected chi connectivity index (χ4v) is 4.75. The number of hydrogen-bond donors (Lipinski definition) is 1. The van der Waals surface area contributed by atoms with Crippen LogP contribution in [0.3, 0.4) is 0 Å². The molecule has 2 aromatic carbocycles. The second-order valence-electron chi connectivity index (χ2n) is 7.58. The summed E-state index contributed by atoms with van der Waals surface area (Å²) in [6, 6.07) is 19.6. The van der Waals surface area contributed by atoms with Crippen LogP contribution in [0.15, 0.2) is 60.7 Å². The summed E-state index contributed by atoms with van der Waals surface area (Å²) in [5.74, 6) is -1.22. The number of benzene rings is 2. The van der Waals surface area contributed by atoms with Gasteiger partial charge in [0.2, 0.25) is 5.91 Å². The molecule has 0 unspecified atom stereocenters. The second kappa shape index (κ2) is 10.2. The number of thiophene rings is 1. The number of carbonyl (C=O) groups excluding carboxylic acids is 3. The molecule has 0 fully saturated rings. The van der Waals surface area contributed by atoms with E-state index in [-0.39, 0.29) is 29.7 Å². The van der Waals surface area contributed by atoms with Gasteiger partial charge in [-0.15, -0.1) is 11.3 Å². The fraction of sp³-hybridized carbons (Fsp3) is 0.240. The summed E-state index contributed by atoms with van der Waals surface area (Å²) >= 11 is 1.09. The first-order valence-electron chi connectivity index (χ1n) is 10.2. The molecule has 0 spiro atoms. The van der Waals surface area contributed by atoms with E-state index in [0.29, 0.717) is 15.4 Å². The number of esters is 1. The number of rotatable bonds is 7. The minimum atomic E-state index is -0.588. The molecule has 0 saturated carbocycles. The maximum absolute atomic E-state index is 13.1. The first-order chi connectivity index (χ1) is 15.3. The number of amides is 2. The van der Waals surface area contributed by atoms with E-state index in [9.17, 15) is 14.4 Å². The maximum Gasteiger partial charge on any atom is 0.341 e. The van der Waals surface area contributed by atoms with Gasteiger partial charge in [0.25, 0.3) is 5.91 Å². The lowest BCUT2D eigenvalue weighted by molar-refractivity contribution is -0.116. The number of hydrogen-bond acceptors (Lipinski definition) is 5. The van der Waals surface area contributed by atoms with E-state index in [4.69, 9.17) is 4.74 Å². The summed E-state index contributed by atoms with van der Waals surface area (Å²) in [6.07, 6.45) is 0.183. The zero-order valence-corrected chi connectivity index (χ0v) is 19.4. The highest BCUT2D eigenvalue weighted by Gasteiger charge is 2.28. The van der Waals surface area contributed by atoms with Gasteiger partial charge in [0.05, 0.1) is 17.6 Å². The van der Waals surface area contributed by atoms with Crippen LogP contribution in [0, 0.1) is 6.92 Å². The highest BCUT2D eigenvalue weighted by molar-refractivity contribution is 7.18. The Kier molecular flexibility index (Phi) is 7.43. The van der Waals surface area contributed by atoms with Crippen molar-refractivity contribution in [1.29, 1.82) is 0 Å². The second-order valence-corrected chi connectivity index (χ2v) is 8.60. The molecule has 1 aromatic heterocycles. The molecular weight excluding hydrogens is 424 g/mol. The zero-order chi connectivity index (χ0) is 23.3. The van der Waals surface area contributed by atoms with E-state index < -0.39 is 5.97 Å². The highest BCUT2D eigenvalue weighted by Crippen LogP contribution is 2.35. The van der Waals surface area contributed by atoms with Gasteiger partial charge in [-0.25, -0.2) is 4.79 Å². The van der Waals surface area contributed by atoms with Crippen molar-refractivity contribution in [2.45, 2.75) is 19.3 Å². The lowest BCUT2D eigenvalue weighted by Crippen LogP contribution is -2.21. The number of anilines is 1. The number of nitrogens with zero attached hydrogens (tertiary/aromatic N) is 1. The summed E-state index contributed by atoms with van der Waals surface area (Å²) in [5.41, 5.74) is 2.76. The van der Waals surface area contributed by atoms with Crippen LogP contribution in [0.25, 0.3) is 0 Å². The van der Waals surface area contributed by atoms with Crippen LogP contribution in [0.1, 0.15) is 49.1 Å². The minimum absolute atomic E-state index is 0.150. The van der Waals surface area contributed by atoms with E-state index in [1.807, 2.05) is 60.7 Å². The van der Waals surface area contributed by atoms with Crippen LogP contribution in [-0.4, -0.2) is 43.9 Å². The Balaban J connectivity index is 1.92. The number of ether oxygens (including phenoxy) is 1. The van der Waals surface area contributed by atoms with Gasteiger partial charge >= 0.3 is 5.97 Å². The molecule has 0 radical (unpaired) electrons. The third-order valence-corrected chi connectivity index (χ3v) is 6.38. The summed E-state index contributed by atoms with van der Waals surface area (Å²) in [4.78, 5) is 39.9. The van der Waals surface area contributed by atoms with Crippen molar-refractivity contribution in [2.24, 2.45) is 0 Å². The molecule has 7 heteroatoms. The Hall–Kier alpha value is -3.45. The molecule has 0 aliphatic rings. The van der Waals surface area contributed by atoms with E-state index in [0.717, 1.165) is 22.5 Å². The van der Waals surface area contributed by atoms with Crippen molar-refractivity contribution < 1.29 is 19.1 Å². The molecule has 3 rings (SSSR count). The molecule has 0 bridgehead atoms. The lowest BCUT2D eigenvalue weighted by Gasteiger charge is -2.18. The molecule has 0 aliphatic carbocycles. The van der Waals surface area contributed by atoms with Gasteiger partial charge in [0.15, 0.2) is 0 Å². The summed E-state index contributed by atoms with van der Waals surface area (Å²) in [5, 5.41) is 3.18. The summed E-state index contributed by atoms with van der Waals surface area (Å²) in [6.45, 7) is 1.69. The normalized spacial score (nSPS) is 10.7. The van der Waals surface area contributed by atoms with Crippen molar-refractivity contribution in [3.8, 4) is 0 Å². The lowest BCUT2D eigenvalue weighted by atomic mass is 9.88. The predicted molar refractivity (Wildman–Crippen MR) is 126 cm³/mol. The minimum Gasteiger partial charge on any atom is -0.465 e. The van der Waals surface area contributed by atoms with E-state index >= 15 is 0 Å². The molecule has 1 heterocycles. The van der Waals surface area contributed by atoms with Crippen molar-refractivity contribution in [2.75, 3.05) is 26.5 Å². The Morgan fingerprint density at radius 2 is 1.50 bits per heavy atom. The molecule has 1 N–H and O–H groups in total. The van der Waals surface area contributed by atoms with Crippen LogP contribution >= 0.6 is 11.3 Å². The van der Waals surface area contributed by atoms with E-state index in [2.05, 4.69) is 5.32 Å². The van der Waals surface area contributed by atoms with Crippen LogP contribution in [0.5, 0.6) is 0 Å². The Morgan fingerprint density at radius 1 is 0.969 bits per heavy atom. The molecule has 2 amide bonds. The van der Waals surface area contributed by atoms with Crippen molar-refractivity contribution >= 4 is 34.1 Å². The molecule has 32 heavy (non-hydrogen) atoms. The average Bonchev–Trinajstić information content (AvgIpc) is 3.12. The smallest absolute Gasteiger partial charge is 0.341 e. The zero-order valence-electron chi connectivity index (χ0n) is 18.5. The molecule has 0 saturated heterocycles. The molecule has 6 nitrogen and oxygen atoms in total. The van der Waals surface area contributed by atoms with Crippen LogP contribution < -0.4 is 5.32 Å². The SMILES string of the molecule is COC(=O)c1c(NC(=O)CC(c2ccccc2)c2ccccc2)sc(C(=O)N(C)C)c1C. The Morgan fingerprint density at radius 3 is 1.97 bits per heavy atom. The number of methoxy groups -OCH3 is 1. The van der Waals surface area contributed by atoms with Gasteiger partial charge in [-0.1, -0.05) is 60.7 Å². The molecule has 3 aromatic rings. The van der Waals surface area contributed by atoms with Crippen LogP contribution in [-0.2, 0) is 9.53 Å². The van der Waals surface area contributed by atoms with Gasteiger partial charge in [0, 0.05) is 26.4 Å². The van der Waals surface area contributed by atoms with E-state index in [1.54, 1.807) is 21.0 Å². The maximum atomic E-state index is 13.1. The number of carbonyl (C=O) groups is 3.